The maximum Gasteiger partial charge on any atom is 0.426 e. The minimum atomic E-state index is -4.82. The average molecular weight is 322 g/mol. The predicted molar refractivity (Wildman–Crippen MR) is 76.4 cm³/mol. The van der Waals surface area contributed by atoms with Crippen LogP contribution in [0.1, 0.15) is 11.1 Å². The molecule has 3 nitrogen and oxygen atoms in total. The van der Waals surface area contributed by atoms with E-state index in [2.05, 4.69) is 0 Å². The summed E-state index contributed by atoms with van der Waals surface area (Å²) in [5.41, 5.74) is -1.70. The molecule has 6 heteroatoms. The van der Waals surface area contributed by atoms with Crippen LogP contribution in [0.15, 0.2) is 54.6 Å². The number of hydrogen-bond donors (Lipinski definition) is 1. The van der Waals surface area contributed by atoms with Gasteiger partial charge < -0.3 is 9.84 Å². The molecule has 2 aromatic carbocycles. The number of aliphatic carboxylic acids is 1. The first-order valence-corrected chi connectivity index (χ1v) is 6.96. The van der Waals surface area contributed by atoms with Crippen LogP contribution in [0.5, 0.6) is 5.75 Å². The quantitative estimate of drug-likeness (QED) is 0.919. The highest BCUT2D eigenvalue weighted by Crippen LogP contribution is 2.47. The van der Waals surface area contributed by atoms with Gasteiger partial charge in [-0.1, -0.05) is 48.5 Å². The molecule has 2 aromatic rings. The van der Waals surface area contributed by atoms with Gasteiger partial charge in [-0.25, -0.2) is 0 Å². The maximum atomic E-state index is 13.6. The van der Waals surface area contributed by atoms with E-state index in [1.165, 1.54) is 30.3 Å². The van der Waals surface area contributed by atoms with Crippen molar-refractivity contribution in [2.45, 2.75) is 24.1 Å². The third-order valence-corrected chi connectivity index (χ3v) is 4.10. The lowest BCUT2D eigenvalue weighted by Crippen LogP contribution is -2.59. The third-order valence-electron chi connectivity index (χ3n) is 4.10. The van der Waals surface area contributed by atoms with Crippen LogP contribution in [-0.2, 0) is 16.6 Å². The summed E-state index contributed by atoms with van der Waals surface area (Å²) in [5, 5.41) is 9.72. The fourth-order valence-electron chi connectivity index (χ4n) is 3.03. The summed E-state index contributed by atoms with van der Waals surface area (Å²) in [7, 11) is 0. The fraction of sp³-hybridized carbons (Fsp3) is 0.235. The van der Waals surface area contributed by atoms with Gasteiger partial charge in [0.1, 0.15) is 11.2 Å². The van der Waals surface area contributed by atoms with E-state index in [4.69, 9.17) is 4.74 Å². The Morgan fingerprint density at radius 1 is 1.09 bits per heavy atom. The summed E-state index contributed by atoms with van der Waals surface area (Å²) in [6, 6.07) is 13.7. The second-order valence-electron chi connectivity index (χ2n) is 5.47. The van der Waals surface area contributed by atoms with Crippen molar-refractivity contribution in [2.24, 2.45) is 0 Å². The molecule has 0 aromatic heterocycles. The lowest BCUT2D eigenvalue weighted by Gasteiger charge is -2.42. The van der Waals surface area contributed by atoms with Crippen molar-refractivity contribution in [3.05, 3.63) is 65.7 Å². The Bertz CT molecular complexity index is 727. The second kappa shape index (κ2) is 5.30. The van der Waals surface area contributed by atoms with E-state index in [0.29, 0.717) is 5.56 Å². The van der Waals surface area contributed by atoms with Crippen LogP contribution in [0.2, 0.25) is 0 Å². The Labute approximate surface area is 130 Å². The highest BCUT2D eigenvalue weighted by molar-refractivity contribution is 5.84. The molecule has 1 N–H and O–H groups in total. The van der Waals surface area contributed by atoms with Crippen molar-refractivity contribution in [3.8, 4) is 5.75 Å². The van der Waals surface area contributed by atoms with Gasteiger partial charge >= 0.3 is 12.1 Å². The molecule has 0 aliphatic carbocycles. The Kier molecular flexibility index (Phi) is 3.55. The average Bonchev–Trinajstić information content (AvgIpc) is 2.53. The Morgan fingerprint density at radius 3 is 2.30 bits per heavy atom. The van der Waals surface area contributed by atoms with Gasteiger partial charge in [0.2, 0.25) is 6.10 Å². The minimum absolute atomic E-state index is 0.0719. The van der Waals surface area contributed by atoms with Crippen molar-refractivity contribution >= 4 is 5.97 Å². The van der Waals surface area contributed by atoms with Crippen molar-refractivity contribution in [1.29, 1.82) is 0 Å². The zero-order valence-electron chi connectivity index (χ0n) is 11.9. The van der Waals surface area contributed by atoms with E-state index in [9.17, 15) is 23.1 Å². The number of fused-ring (bicyclic) bond motifs is 1. The van der Waals surface area contributed by atoms with Crippen molar-refractivity contribution in [2.75, 3.05) is 0 Å². The summed E-state index contributed by atoms with van der Waals surface area (Å²) < 4.78 is 45.9. The van der Waals surface area contributed by atoms with Crippen LogP contribution < -0.4 is 4.74 Å². The zero-order chi connectivity index (χ0) is 16.7. The lowest BCUT2D eigenvalue weighted by molar-refractivity contribution is -0.224. The highest BCUT2D eigenvalue weighted by Gasteiger charge is 2.63. The first-order valence-electron chi connectivity index (χ1n) is 6.96. The number of alkyl halides is 3. The third kappa shape index (κ3) is 2.44. The van der Waals surface area contributed by atoms with E-state index in [-0.39, 0.29) is 17.7 Å². The molecule has 0 radical (unpaired) electrons. The van der Waals surface area contributed by atoms with E-state index < -0.39 is 23.7 Å². The van der Waals surface area contributed by atoms with Gasteiger partial charge in [-0.3, -0.25) is 4.79 Å². The number of carboxylic acids is 1. The molecule has 0 amide bonds. The highest BCUT2D eigenvalue weighted by atomic mass is 19.4. The molecule has 2 unspecified atom stereocenters. The Balaban J connectivity index is 2.25. The molecule has 0 fully saturated rings. The SMILES string of the molecule is O=C(O)C1(c2ccccc2)Cc2ccccc2OC1C(F)(F)F. The second-order valence-corrected chi connectivity index (χ2v) is 5.47. The van der Waals surface area contributed by atoms with Crippen LogP contribution in [0.3, 0.4) is 0 Å². The number of rotatable bonds is 2. The van der Waals surface area contributed by atoms with Gasteiger partial charge in [0.05, 0.1) is 0 Å². The van der Waals surface area contributed by atoms with E-state index in [1.54, 1.807) is 24.3 Å². The molecule has 0 spiro atoms. The van der Waals surface area contributed by atoms with Crippen LogP contribution in [0.4, 0.5) is 13.2 Å². The van der Waals surface area contributed by atoms with Gasteiger partial charge in [-0.15, -0.1) is 0 Å². The number of para-hydroxylation sites is 1. The van der Waals surface area contributed by atoms with Crippen molar-refractivity contribution in [1.82, 2.24) is 0 Å². The molecule has 1 heterocycles. The van der Waals surface area contributed by atoms with Gasteiger partial charge in [-0.2, -0.15) is 13.2 Å². The normalized spacial score (nSPS) is 23.7. The molecule has 0 saturated carbocycles. The number of benzene rings is 2. The largest absolute Gasteiger partial charge is 0.480 e. The topological polar surface area (TPSA) is 46.5 Å². The van der Waals surface area contributed by atoms with E-state index in [1.807, 2.05) is 0 Å². The summed E-state index contributed by atoms with van der Waals surface area (Å²) in [4.78, 5) is 12.0. The smallest absolute Gasteiger partial charge is 0.426 e. The van der Waals surface area contributed by atoms with Gasteiger partial charge in [0.15, 0.2) is 0 Å². The minimum Gasteiger partial charge on any atom is -0.480 e. The van der Waals surface area contributed by atoms with Crippen LogP contribution in [-0.4, -0.2) is 23.4 Å². The maximum absolute atomic E-state index is 13.6. The molecule has 23 heavy (non-hydrogen) atoms. The first-order chi connectivity index (χ1) is 10.9. The molecule has 1 aliphatic rings. The van der Waals surface area contributed by atoms with Crippen molar-refractivity contribution in [3.63, 3.8) is 0 Å². The molecular formula is C17H13F3O3. The fourth-order valence-corrected chi connectivity index (χ4v) is 3.03. The predicted octanol–water partition coefficient (Wildman–Crippen LogP) is 3.58. The lowest BCUT2D eigenvalue weighted by atomic mass is 9.69. The molecule has 1 aliphatic heterocycles. The molecule has 120 valence electrons. The molecule has 0 bridgehead atoms. The molecule has 3 rings (SSSR count). The molecule has 0 saturated heterocycles. The number of ether oxygens (including phenoxy) is 1. The Hall–Kier alpha value is -2.50. The summed E-state index contributed by atoms with van der Waals surface area (Å²) in [6.07, 6.45) is -7.56. The van der Waals surface area contributed by atoms with Gasteiger partial charge in [-0.05, 0) is 17.2 Å². The summed E-state index contributed by atoms with van der Waals surface area (Å²) in [6.45, 7) is 0. The van der Waals surface area contributed by atoms with Gasteiger partial charge in [0.25, 0.3) is 0 Å². The summed E-state index contributed by atoms with van der Waals surface area (Å²) >= 11 is 0. The van der Waals surface area contributed by atoms with Crippen molar-refractivity contribution < 1.29 is 27.8 Å². The molecule has 2 atom stereocenters. The Morgan fingerprint density at radius 2 is 1.70 bits per heavy atom. The molecular weight excluding hydrogens is 309 g/mol. The van der Waals surface area contributed by atoms with Crippen LogP contribution in [0, 0.1) is 0 Å². The van der Waals surface area contributed by atoms with E-state index in [0.717, 1.165) is 0 Å². The first kappa shape index (κ1) is 15.4. The number of halogens is 3. The van der Waals surface area contributed by atoms with Crippen LogP contribution >= 0.6 is 0 Å². The van der Waals surface area contributed by atoms with Crippen LogP contribution in [0.25, 0.3) is 0 Å². The van der Waals surface area contributed by atoms with E-state index >= 15 is 0 Å². The monoisotopic (exact) mass is 322 g/mol. The number of carboxylic acid groups (broad SMARTS) is 1. The zero-order valence-corrected chi connectivity index (χ0v) is 11.9. The summed E-state index contributed by atoms with van der Waals surface area (Å²) in [5.74, 6) is -1.48. The number of carbonyl (C=O) groups is 1. The standard InChI is InChI=1S/C17H13F3O3/c18-17(19,20)14-16(15(21)22,12-7-2-1-3-8-12)10-11-6-4-5-9-13(11)23-14/h1-9,14H,10H2,(H,21,22). The number of hydrogen-bond acceptors (Lipinski definition) is 2. The van der Waals surface area contributed by atoms with Gasteiger partial charge in [0, 0.05) is 6.42 Å².